The zero-order valence-electron chi connectivity index (χ0n) is 10.4. The number of carbonyl (C=O) groups is 1. The molecule has 1 heterocycles. The highest BCUT2D eigenvalue weighted by atomic mass is 35.5. The number of imidazole rings is 1. The van der Waals surface area contributed by atoms with Gasteiger partial charge in [-0.2, -0.15) is 0 Å². The molecular formula is C12H14ClN3OS. The fourth-order valence-electron chi connectivity index (χ4n) is 1.60. The smallest absolute Gasteiger partial charge is 0.235 e. The van der Waals surface area contributed by atoms with Crippen LogP contribution in [0.2, 0.25) is 5.02 Å². The van der Waals surface area contributed by atoms with Gasteiger partial charge in [-0.05, 0) is 25.1 Å². The van der Waals surface area contributed by atoms with Crippen molar-refractivity contribution in [2.45, 2.75) is 17.3 Å². The second-order valence-electron chi connectivity index (χ2n) is 4.20. The lowest BCUT2D eigenvalue weighted by atomic mass is 10.3. The van der Waals surface area contributed by atoms with Gasteiger partial charge in [0.05, 0.1) is 16.3 Å². The second kappa shape index (κ2) is 5.20. The van der Waals surface area contributed by atoms with Gasteiger partial charge in [-0.25, -0.2) is 4.98 Å². The number of nitrogens with zero attached hydrogens (tertiary/aromatic N) is 2. The molecule has 1 N–H and O–H groups in total. The highest BCUT2D eigenvalue weighted by molar-refractivity contribution is 8.00. The minimum absolute atomic E-state index is 0.0680. The van der Waals surface area contributed by atoms with Crippen molar-refractivity contribution in [2.24, 2.45) is 0 Å². The van der Waals surface area contributed by atoms with E-state index in [1.807, 2.05) is 19.1 Å². The summed E-state index contributed by atoms with van der Waals surface area (Å²) in [5.41, 5.74) is 1.74. The van der Waals surface area contributed by atoms with E-state index in [9.17, 15) is 4.79 Å². The van der Waals surface area contributed by atoms with E-state index in [1.165, 1.54) is 11.8 Å². The van der Waals surface area contributed by atoms with Gasteiger partial charge >= 0.3 is 0 Å². The van der Waals surface area contributed by atoms with Crippen LogP contribution in [0.25, 0.3) is 11.0 Å². The van der Waals surface area contributed by atoms with E-state index >= 15 is 0 Å². The molecule has 1 amide bonds. The molecule has 0 saturated carbocycles. The van der Waals surface area contributed by atoms with Gasteiger partial charge in [-0.3, -0.25) is 4.79 Å². The van der Waals surface area contributed by atoms with Gasteiger partial charge in [0, 0.05) is 19.1 Å². The largest absolute Gasteiger partial charge is 0.348 e. The molecule has 0 spiro atoms. The van der Waals surface area contributed by atoms with E-state index in [4.69, 9.17) is 11.6 Å². The SMILES string of the molecule is C[C@@H](Sc1nc2ccc(Cl)cc2[nH]1)C(=O)N(C)C. The molecule has 1 aromatic heterocycles. The minimum atomic E-state index is -0.170. The van der Waals surface area contributed by atoms with Gasteiger partial charge < -0.3 is 9.88 Å². The van der Waals surface area contributed by atoms with Crippen molar-refractivity contribution in [2.75, 3.05) is 14.1 Å². The van der Waals surface area contributed by atoms with Gasteiger partial charge in [0.25, 0.3) is 0 Å². The van der Waals surface area contributed by atoms with E-state index < -0.39 is 0 Å². The van der Waals surface area contributed by atoms with Crippen LogP contribution in [0.4, 0.5) is 0 Å². The summed E-state index contributed by atoms with van der Waals surface area (Å²) in [4.78, 5) is 20.9. The average Bonchev–Trinajstić information content (AvgIpc) is 2.68. The standard InChI is InChI=1S/C12H14ClN3OS/c1-7(11(17)16(2)3)18-12-14-9-5-4-8(13)6-10(9)15-12/h4-7H,1-3H3,(H,14,15)/t7-/m1/s1. The van der Waals surface area contributed by atoms with E-state index in [0.29, 0.717) is 5.02 Å². The Morgan fingerprint density at radius 3 is 2.89 bits per heavy atom. The fraction of sp³-hybridized carbons (Fsp3) is 0.333. The quantitative estimate of drug-likeness (QED) is 0.881. The Balaban J connectivity index is 2.19. The number of aromatic amines is 1. The maximum Gasteiger partial charge on any atom is 0.235 e. The van der Waals surface area contributed by atoms with Crippen molar-refractivity contribution in [1.82, 2.24) is 14.9 Å². The first-order chi connectivity index (χ1) is 8.47. The first-order valence-corrected chi connectivity index (χ1v) is 6.76. The summed E-state index contributed by atoms with van der Waals surface area (Å²) < 4.78 is 0. The zero-order valence-corrected chi connectivity index (χ0v) is 12.0. The number of fused-ring (bicyclic) bond motifs is 1. The lowest BCUT2D eigenvalue weighted by Gasteiger charge is -2.14. The van der Waals surface area contributed by atoms with Crippen LogP contribution in [0.1, 0.15) is 6.92 Å². The maximum atomic E-state index is 11.8. The number of halogens is 1. The number of hydrogen-bond acceptors (Lipinski definition) is 3. The fourth-order valence-corrected chi connectivity index (χ4v) is 2.73. The highest BCUT2D eigenvalue weighted by Crippen LogP contribution is 2.25. The molecule has 0 saturated heterocycles. The number of benzene rings is 1. The highest BCUT2D eigenvalue weighted by Gasteiger charge is 2.17. The van der Waals surface area contributed by atoms with Crippen molar-refractivity contribution in [1.29, 1.82) is 0 Å². The van der Waals surface area contributed by atoms with Crippen LogP contribution in [0, 0.1) is 0 Å². The van der Waals surface area contributed by atoms with E-state index in [0.717, 1.165) is 16.2 Å². The molecule has 6 heteroatoms. The predicted molar refractivity (Wildman–Crippen MR) is 75.1 cm³/mol. The Labute approximate surface area is 115 Å². The minimum Gasteiger partial charge on any atom is -0.348 e. The monoisotopic (exact) mass is 283 g/mol. The van der Waals surface area contributed by atoms with Gasteiger partial charge in [0.2, 0.25) is 5.91 Å². The Bertz CT molecular complexity index is 582. The molecular weight excluding hydrogens is 270 g/mol. The lowest BCUT2D eigenvalue weighted by Crippen LogP contribution is -2.29. The van der Waals surface area contributed by atoms with Crippen molar-refractivity contribution < 1.29 is 4.79 Å². The Kier molecular flexibility index (Phi) is 3.82. The van der Waals surface area contributed by atoms with E-state index in [1.54, 1.807) is 25.1 Å². The van der Waals surface area contributed by atoms with Gasteiger partial charge in [0.1, 0.15) is 0 Å². The van der Waals surface area contributed by atoms with Gasteiger partial charge in [0.15, 0.2) is 5.16 Å². The molecule has 2 rings (SSSR count). The third kappa shape index (κ3) is 2.79. The molecule has 0 aliphatic carbocycles. The van der Waals surface area contributed by atoms with Crippen LogP contribution in [-0.4, -0.2) is 40.1 Å². The number of carbonyl (C=O) groups excluding carboxylic acids is 1. The molecule has 0 fully saturated rings. The molecule has 0 aliphatic rings. The van der Waals surface area contributed by atoms with E-state index in [2.05, 4.69) is 9.97 Å². The number of amides is 1. The third-order valence-corrected chi connectivity index (χ3v) is 3.71. The molecule has 0 radical (unpaired) electrons. The summed E-state index contributed by atoms with van der Waals surface area (Å²) in [6, 6.07) is 5.48. The topological polar surface area (TPSA) is 49.0 Å². The van der Waals surface area contributed by atoms with E-state index in [-0.39, 0.29) is 11.2 Å². The molecule has 2 aromatic rings. The zero-order chi connectivity index (χ0) is 13.3. The lowest BCUT2D eigenvalue weighted by molar-refractivity contribution is -0.127. The summed E-state index contributed by atoms with van der Waals surface area (Å²) in [6.07, 6.45) is 0. The number of hydrogen-bond donors (Lipinski definition) is 1. The maximum absolute atomic E-state index is 11.8. The van der Waals surface area contributed by atoms with Crippen molar-refractivity contribution >= 4 is 40.3 Å². The number of H-pyrrole nitrogens is 1. The molecule has 4 nitrogen and oxygen atoms in total. The molecule has 0 aliphatic heterocycles. The number of aromatic nitrogens is 2. The Morgan fingerprint density at radius 2 is 2.22 bits per heavy atom. The van der Waals surface area contributed by atoms with Crippen molar-refractivity contribution in [3.8, 4) is 0 Å². The van der Waals surface area contributed by atoms with Gasteiger partial charge in [-0.15, -0.1) is 0 Å². The van der Waals surface area contributed by atoms with Crippen molar-refractivity contribution in [3.63, 3.8) is 0 Å². The average molecular weight is 284 g/mol. The van der Waals surface area contributed by atoms with Crippen LogP contribution in [0.15, 0.2) is 23.4 Å². The van der Waals surface area contributed by atoms with Crippen LogP contribution in [0.3, 0.4) is 0 Å². The first kappa shape index (κ1) is 13.2. The Hall–Kier alpha value is -1.20. The van der Waals surface area contributed by atoms with Gasteiger partial charge in [-0.1, -0.05) is 23.4 Å². The number of rotatable bonds is 3. The third-order valence-electron chi connectivity index (χ3n) is 2.50. The molecule has 0 unspecified atom stereocenters. The first-order valence-electron chi connectivity index (χ1n) is 5.50. The second-order valence-corrected chi connectivity index (χ2v) is 5.96. The molecule has 1 atom stereocenters. The summed E-state index contributed by atoms with van der Waals surface area (Å²) in [7, 11) is 3.50. The van der Waals surface area contributed by atoms with Crippen molar-refractivity contribution in [3.05, 3.63) is 23.2 Å². The van der Waals surface area contributed by atoms with Crippen LogP contribution < -0.4 is 0 Å². The normalized spacial score (nSPS) is 12.7. The summed E-state index contributed by atoms with van der Waals surface area (Å²) in [5, 5.41) is 1.23. The number of thioether (sulfide) groups is 1. The molecule has 18 heavy (non-hydrogen) atoms. The van der Waals surface area contributed by atoms with Crippen LogP contribution in [0.5, 0.6) is 0 Å². The molecule has 0 bridgehead atoms. The number of nitrogens with one attached hydrogen (secondary N) is 1. The summed E-state index contributed by atoms with van der Waals surface area (Å²) >= 11 is 7.32. The Morgan fingerprint density at radius 1 is 1.50 bits per heavy atom. The predicted octanol–water partition coefficient (Wildman–Crippen LogP) is 2.79. The van der Waals surface area contributed by atoms with Crippen LogP contribution in [-0.2, 0) is 4.79 Å². The van der Waals surface area contributed by atoms with Crippen LogP contribution >= 0.6 is 23.4 Å². The molecule has 1 aromatic carbocycles. The summed E-state index contributed by atoms with van der Waals surface area (Å²) in [5.74, 6) is 0.0680. The summed E-state index contributed by atoms with van der Waals surface area (Å²) in [6.45, 7) is 1.87. The molecule has 96 valence electrons.